The third-order valence-electron chi connectivity index (χ3n) is 4.80. The van der Waals surface area contributed by atoms with Crippen molar-refractivity contribution in [2.24, 2.45) is 10.8 Å². The molecule has 1 aliphatic rings. The average molecular weight is 272 g/mol. The van der Waals surface area contributed by atoms with Crippen LogP contribution in [0.5, 0.6) is 0 Å². The van der Waals surface area contributed by atoms with E-state index in [0.29, 0.717) is 10.8 Å². The van der Waals surface area contributed by atoms with E-state index in [9.17, 15) is 0 Å². The lowest BCUT2D eigenvalue weighted by atomic mass is 9.60. The van der Waals surface area contributed by atoms with Crippen molar-refractivity contribution in [2.75, 3.05) is 0 Å². The van der Waals surface area contributed by atoms with E-state index >= 15 is 0 Å². The number of hydrogen-bond donors (Lipinski definition) is 0. The zero-order valence-corrected chi connectivity index (χ0v) is 14.5. The first-order valence-corrected chi connectivity index (χ1v) is 8.09. The molecule has 112 valence electrons. The Bertz CT molecular complexity index is 438. The van der Waals surface area contributed by atoms with Crippen LogP contribution in [0.2, 0.25) is 0 Å². The van der Waals surface area contributed by atoms with Gasteiger partial charge < -0.3 is 0 Å². The van der Waals surface area contributed by atoms with Gasteiger partial charge in [0.25, 0.3) is 0 Å². The maximum Gasteiger partial charge on any atom is -0.0132 e. The predicted molar refractivity (Wildman–Crippen MR) is 89.3 cm³/mol. The summed E-state index contributed by atoms with van der Waals surface area (Å²) in [6, 6.07) is 9.43. The van der Waals surface area contributed by atoms with Gasteiger partial charge >= 0.3 is 0 Å². The standard InChI is InChI=1S/C20H32/c1-18(2,3)17-10-8-15(9-11-17)16-12-19(4,5)14-20(6,7)13-16/h8-11,16H,12-14H2,1-7H3. The molecule has 2 rings (SSSR count). The molecule has 0 amide bonds. The third kappa shape index (κ3) is 3.65. The van der Waals surface area contributed by atoms with Crippen LogP contribution in [0, 0.1) is 10.8 Å². The van der Waals surface area contributed by atoms with Gasteiger partial charge in [0.05, 0.1) is 0 Å². The summed E-state index contributed by atoms with van der Waals surface area (Å²) in [6.07, 6.45) is 3.99. The zero-order chi connectivity index (χ0) is 15.2. The fourth-order valence-corrected chi connectivity index (χ4v) is 4.34. The van der Waals surface area contributed by atoms with Crippen LogP contribution in [-0.4, -0.2) is 0 Å². The first-order chi connectivity index (χ1) is 8.99. The molecule has 1 fully saturated rings. The van der Waals surface area contributed by atoms with Crippen LogP contribution < -0.4 is 0 Å². The van der Waals surface area contributed by atoms with Crippen LogP contribution >= 0.6 is 0 Å². The molecule has 0 unspecified atom stereocenters. The summed E-state index contributed by atoms with van der Waals surface area (Å²) in [5.41, 5.74) is 4.17. The maximum absolute atomic E-state index is 2.43. The van der Waals surface area contributed by atoms with Gasteiger partial charge in [0, 0.05) is 0 Å². The topological polar surface area (TPSA) is 0 Å². The quantitative estimate of drug-likeness (QED) is 0.562. The van der Waals surface area contributed by atoms with Crippen molar-refractivity contribution in [3.63, 3.8) is 0 Å². The summed E-state index contributed by atoms with van der Waals surface area (Å²) in [6.45, 7) is 16.6. The predicted octanol–water partition coefficient (Wildman–Crippen LogP) is 6.30. The summed E-state index contributed by atoms with van der Waals surface area (Å²) in [4.78, 5) is 0. The van der Waals surface area contributed by atoms with Gasteiger partial charge in [-0.05, 0) is 52.6 Å². The minimum absolute atomic E-state index is 0.254. The van der Waals surface area contributed by atoms with Crippen LogP contribution in [0.4, 0.5) is 0 Å². The summed E-state index contributed by atoms with van der Waals surface area (Å²) >= 11 is 0. The molecule has 0 radical (unpaired) electrons. The van der Waals surface area contributed by atoms with Crippen molar-refractivity contribution < 1.29 is 0 Å². The van der Waals surface area contributed by atoms with Gasteiger partial charge in [-0.1, -0.05) is 72.7 Å². The van der Waals surface area contributed by atoms with E-state index in [1.165, 1.54) is 24.8 Å². The Kier molecular flexibility index (Phi) is 3.82. The molecule has 0 heterocycles. The van der Waals surface area contributed by atoms with E-state index in [1.54, 1.807) is 5.56 Å². The Morgan fingerprint density at radius 3 is 1.70 bits per heavy atom. The van der Waals surface area contributed by atoms with Gasteiger partial charge in [-0.3, -0.25) is 0 Å². The normalized spacial score (nSPS) is 22.8. The molecular formula is C20H32. The highest BCUT2D eigenvalue weighted by Crippen LogP contribution is 2.51. The summed E-state index contributed by atoms with van der Waals surface area (Å²) < 4.78 is 0. The summed E-state index contributed by atoms with van der Waals surface area (Å²) in [7, 11) is 0. The second-order valence-electron chi connectivity index (χ2n) is 9.48. The Labute approximate surface area is 126 Å². The fraction of sp³-hybridized carbons (Fsp3) is 0.700. The van der Waals surface area contributed by atoms with Crippen molar-refractivity contribution in [1.82, 2.24) is 0 Å². The molecule has 0 nitrogen and oxygen atoms in total. The molecule has 0 atom stereocenters. The summed E-state index contributed by atoms with van der Waals surface area (Å²) in [5.74, 6) is 0.725. The molecule has 0 bridgehead atoms. The van der Waals surface area contributed by atoms with Crippen molar-refractivity contribution >= 4 is 0 Å². The van der Waals surface area contributed by atoms with E-state index in [-0.39, 0.29) is 5.41 Å². The molecule has 0 aliphatic heterocycles. The van der Waals surface area contributed by atoms with Crippen LogP contribution in [0.15, 0.2) is 24.3 Å². The Hall–Kier alpha value is -0.780. The molecule has 0 aromatic heterocycles. The van der Waals surface area contributed by atoms with Gasteiger partial charge in [-0.2, -0.15) is 0 Å². The fourth-order valence-electron chi connectivity index (χ4n) is 4.34. The lowest BCUT2D eigenvalue weighted by molar-refractivity contribution is 0.0969. The Balaban J connectivity index is 2.23. The second-order valence-corrected chi connectivity index (χ2v) is 9.48. The number of benzene rings is 1. The highest BCUT2D eigenvalue weighted by Gasteiger charge is 2.38. The largest absolute Gasteiger partial charge is 0.0599 e. The molecule has 0 N–H and O–H groups in total. The molecule has 1 aromatic rings. The van der Waals surface area contributed by atoms with Gasteiger partial charge in [-0.25, -0.2) is 0 Å². The van der Waals surface area contributed by atoms with E-state index in [4.69, 9.17) is 0 Å². The molecule has 1 saturated carbocycles. The minimum Gasteiger partial charge on any atom is -0.0599 e. The molecule has 0 spiro atoms. The smallest absolute Gasteiger partial charge is 0.0132 e. The van der Waals surface area contributed by atoms with Crippen LogP contribution in [0.1, 0.15) is 84.8 Å². The molecule has 1 aliphatic carbocycles. The molecule has 0 heteroatoms. The van der Waals surface area contributed by atoms with Gasteiger partial charge in [0.1, 0.15) is 0 Å². The van der Waals surface area contributed by atoms with Crippen molar-refractivity contribution in [2.45, 2.75) is 79.1 Å². The Morgan fingerprint density at radius 2 is 1.30 bits per heavy atom. The first-order valence-electron chi connectivity index (χ1n) is 8.09. The second kappa shape index (κ2) is 4.90. The first kappa shape index (κ1) is 15.6. The highest BCUT2D eigenvalue weighted by molar-refractivity contribution is 5.30. The highest BCUT2D eigenvalue weighted by atomic mass is 14.4. The maximum atomic E-state index is 2.43. The lowest BCUT2D eigenvalue weighted by Gasteiger charge is -2.45. The van der Waals surface area contributed by atoms with Crippen molar-refractivity contribution in [1.29, 1.82) is 0 Å². The lowest BCUT2D eigenvalue weighted by Crippen LogP contribution is -2.32. The monoisotopic (exact) mass is 272 g/mol. The van der Waals surface area contributed by atoms with Gasteiger partial charge in [0.2, 0.25) is 0 Å². The third-order valence-corrected chi connectivity index (χ3v) is 4.80. The Morgan fingerprint density at radius 1 is 0.850 bits per heavy atom. The minimum atomic E-state index is 0.254. The SMILES string of the molecule is CC1(C)CC(c2ccc(C(C)(C)C)cc2)CC(C)(C)C1. The van der Waals surface area contributed by atoms with Crippen LogP contribution in [-0.2, 0) is 5.41 Å². The zero-order valence-electron chi connectivity index (χ0n) is 14.5. The van der Waals surface area contributed by atoms with Crippen molar-refractivity contribution in [3.05, 3.63) is 35.4 Å². The van der Waals surface area contributed by atoms with E-state index in [0.717, 1.165) is 5.92 Å². The van der Waals surface area contributed by atoms with E-state index in [1.807, 2.05) is 0 Å². The van der Waals surface area contributed by atoms with Gasteiger partial charge in [0.15, 0.2) is 0 Å². The van der Waals surface area contributed by atoms with Crippen molar-refractivity contribution in [3.8, 4) is 0 Å². The van der Waals surface area contributed by atoms with E-state index < -0.39 is 0 Å². The van der Waals surface area contributed by atoms with Gasteiger partial charge in [-0.15, -0.1) is 0 Å². The summed E-state index contributed by atoms with van der Waals surface area (Å²) in [5, 5.41) is 0. The van der Waals surface area contributed by atoms with E-state index in [2.05, 4.69) is 72.7 Å². The van der Waals surface area contributed by atoms with Crippen LogP contribution in [0.3, 0.4) is 0 Å². The number of hydrogen-bond acceptors (Lipinski definition) is 0. The molecule has 20 heavy (non-hydrogen) atoms. The number of rotatable bonds is 1. The molecule has 0 saturated heterocycles. The molecule has 1 aromatic carbocycles. The van der Waals surface area contributed by atoms with Crippen LogP contribution in [0.25, 0.3) is 0 Å². The average Bonchev–Trinajstić information content (AvgIpc) is 2.24. The molecular weight excluding hydrogens is 240 g/mol.